The molecule has 0 aromatic rings. The summed E-state index contributed by atoms with van der Waals surface area (Å²) in [6, 6.07) is 2.12. The number of nitrogens with zero attached hydrogens (tertiary/aromatic N) is 2. The van der Waals surface area contributed by atoms with E-state index in [1.54, 1.807) is 0 Å². The quantitative estimate of drug-likeness (QED) is 0.778. The Balaban J connectivity index is 2.50. The van der Waals surface area contributed by atoms with Gasteiger partial charge in [0.2, 0.25) is 5.91 Å². The van der Waals surface area contributed by atoms with Crippen LogP contribution >= 0.6 is 0 Å². The normalized spacial score (nSPS) is 23.7. The predicted molar refractivity (Wildman–Crippen MR) is 77.4 cm³/mol. The minimum absolute atomic E-state index is 0.192. The second-order valence-corrected chi connectivity index (χ2v) is 6.74. The Morgan fingerprint density at radius 2 is 1.84 bits per heavy atom. The van der Waals surface area contributed by atoms with Gasteiger partial charge in [0.15, 0.2) is 0 Å². The summed E-state index contributed by atoms with van der Waals surface area (Å²) in [5.41, 5.74) is 0.360. The van der Waals surface area contributed by atoms with Crippen molar-refractivity contribution in [3.8, 4) is 6.07 Å². The van der Waals surface area contributed by atoms with Crippen molar-refractivity contribution in [2.24, 2.45) is 17.3 Å². The Morgan fingerprint density at radius 1 is 1.26 bits per heavy atom. The van der Waals surface area contributed by atoms with Crippen molar-refractivity contribution in [3.05, 3.63) is 0 Å². The van der Waals surface area contributed by atoms with Crippen LogP contribution < -0.4 is 0 Å². The molecule has 1 saturated carbocycles. The highest BCUT2D eigenvalue weighted by atomic mass is 16.2. The zero-order valence-corrected chi connectivity index (χ0v) is 12.9. The number of nitriles is 1. The average molecular weight is 264 g/mol. The summed E-state index contributed by atoms with van der Waals surface area (Å²) in [6.07, 6.45) is 4.80. The van der Waals surface area contributed by atoms with Gasteiger partial charge in [-0.05, 0) is 43.9 Å². The number of rotatable bonds is 4. The number of amides is 1. The van der Waals surface area contributed by atoms with Crippen LogP contribution in [0.15, 0.2) is 0 Å². The van der Waals surface area contributed by atoms with E-state index in [-0.39, 0.29) is 11.8 Å². The first kappa shape index (κ1) is 16.0. The van der Waals surface area contributed by atoms with Gasteiger partial charge in [0.1, 0.15) is 0 Å². The van der Waals surface area contributed by atoms with E-state index in [9.17, 15) is 4.79 Å². The van der Waals surface area contributed by atoms with Gasteiger partial charge in [-0.1, -0.05) is 20.8 Å². The molecule has 1 amide bonds. The van der Waals surface area contributed by atoms with Crippen LogP contribution in [0.25, 0.3) is 0 Å². The predicted octanol–water partition coefficient (Wildman–Crippen LogP) is 3.60. The summed E-state index contributed by atoms with van der Waals surface area (Å²) in [5.74, 6) is 1.20. The maximum Gasteiger partial charge on any atom is 0.225 e. The number of hydrogen-bond acceptors (Lipinski definition) is 2. The van der Waals surface area contributed by atoms with Crippen LogP contribution in [-0.2, 0) is 4.79 Å². The standard InChI is InChI=1S/C16H28N2O/c1-5-18(12-6-11-17)15(19)13-7-9-14(10-8-13)16(2,3)4/h13-14H,5-10,12H2,1-4H3. The van der Waals surface area contributed by atoms with Crippen molar-refractivity contribution in [1.29, 1.82) is 5.26 Å². The van der Waals surface area contributed by atoms with E-state index in [0.29, 0.717) is 18.4 Å². The highest BCUT2D eigenvalue weighted by molar-refractivity contribution is 5.78. The highest BCUT2D eigenvalue weighted by Crippen LogP contribution is 2.40. The molecule has 19 heavy (non-hydrogen) atoms. The number of hydrogen-bond donors (Lipinski definition) is 0. The summed E-state index contributed by atoms with van der Waals surface area (Å²) in [6.45, 7) is 10.2. The Kier molecular flexibility index (Phi) is 5.85. The summed E-state index contributed by atoms with van der Waals surface area (Å²) in [7, 11) is 0. The summed E-state index contributed by atoms with van der Waals surface area (Å²) >= 11 is 0. The lowest BCUT2D eigenvalue weighted by atomic mass is 9.69. The molecule has 0 unspecified atom stereocenters. The summed E-state index contributed by atoms with van der Waals surface area (Å²) in [4.78, 5) is 14.3. The molecule has 1 aliphatic carbocycles. The van der Waals surface area contributed by atoms with Crippen LogP contribution in [-0.4, -0.2) is 23.9 Å². The van der Waals surface area contributed by atoms with Gasteiger partial charge in [-0.3, -0.25) is 4.79 Å². The molecular weight excluding hydrogens is 236 g/mol. The van der Waals surface area contributed by atoms with Gasteiger partial charge in [0.05, 0.1) is 12.5 Å². The molecule has 3 heteroatoms. The maximum absolute atomic E-state index is 12.4. The van der Waals surface area contributed by atoms with Crippen molar-refractivity contribution in [3.63, 3.8) is 0 Å². The van der Waals surface area contributed by atoms with Crippen LogP contribution in [0.2, 0.25) is 0 Å². The van der Waals surface area contributed by atoms with E-state index in [0.717, 1.165) is 38.1 Å². The molecule has 0 saturated heterocycles. The lowest BCUT2D eigenvalue weighted by Gasteiger charge is -2.37. The zero-order chi connectivity index (χ0) is 14.5. The van der Waals surface area contributed by atoms with E-state index in [1.807, 2.05) is 11.8 Å². The second-order valence-electron chi connectivity index (χ2n) is 6.74. The Labute approximate surface area is 118 Å². The van der Waals surface area contributed by atoms with E-state index >= 15 is 0 Å². The van der Waals surface area contributed by atoms with E-state index in [1.165, 1.54) is 0 Å². The first-order chi connectivity index (χ1) is 8.90. The fraction of sp³-hybridized carbons (Fsp3) is 0.875. The van der Waals surface area contributed by atoms with Gasteiger partial charge in [0.25, 0.3) is 0 Å². The summed E-state index contributed by atoms with van der Waals surface area (Å²) in [5, 5.41) is 8.64. The third-order valence-electron chi connectivity index (χ3n) is 4.49. The van der Waals surface area contributed by atoms with Crippen LogP contribution in [0.5, 0.6) is 0 Å². The molecule has 0 N–H and O–H groups in total. The van der Waals surface area contributed by atoms with E-state index in [4.69, 9.17) is 5.26 Å². The van der Waals surface area contributed by atoms with Gasteiger partial charge in [0, 0.05) is 19.0 Å². The molecule has 0 aromatic carbocycles. The maximum atomic E-state index is 12.4. The van der Waals surface area contributed by atoms with Gasteiger partial charge in [-0.15, -0.1) is 0 Å². The minimum atomic E-state index is 0.192. The molecule has 0 spiro atoms. The van der Waals surface area contributed by atoms with Crippen LogP contribution in [0.4, 0.5) is 0 Å². The van der Waals surface area contributed by atoms with Gasteiger partial charge in [-0.2, -0.15) is 5.26 Å². The molecule has 1 rings (SSSR count). The summed E-state index contributed by atoms with van der Waals surface area (Å²) < 4.78 is 0. The van der Waals surface area contributed by atoms with Crippen LogP contribution in [0.3, 0.4) is 0 Å². The number of carbonyl (C=O) groups excluding carboxylic acids is 1. The smallest absolute Gasteiger partial charge is 0.225 e. The first-order valence-electron chi connectivity index (χ1n) is 7.55. The van der Waals surface area contributed by atoms with Crippen molar-refractivity contribution < 1.29 is 4.79 Å². The van der Waals surface area contributed by atoms with Gasteiger partial charge < -0.3 is 4.90 Å². The molecule has 3 nitrogen and oxygen atoms in total. The van der Waals surface area contributed by atoms with Crippen LogP contribution in [0, 0.1) is 28.6 Å². The van der Waals surface area contributed by atoms with Gasteiger partial charge >= 0.3 is 0 Å². The Morgan fingerprint density at radius 3 is 2.26 bits per heavy atom. The lowest BCUT2D eigenvalue weighted by Crippen LogP contribution is -2.39. The monoisotopic (exact) mass is 264 g/mol. The molecule has 1 fully saturated rings. The zero-order valence-electron chi connectivity index (χ0n) is 12.9. The second kappa shape index (κ2) is 6.93. The third-order valence-corrected chi connectivity index (χ3v) is 4.49. The van der Waals surface area contributed by atoms with Crippen molar-refractivity contribution in [2.45, 2.75) is 59.8 Å². The Hall–Kier alpha value is -1.04. The molecule has 0 heterocycles. The molecule has 0 radical (unpaired) electrons. The van der Waals surface area contributed by atoms with Crippen molar-refractivity contribution in [2.75, 3.05) is 13.1 Å². The van der Waals surface area contributed by atoms with Crippen LogP contribution in [0.1, 0.15) is 59.8 Å². The molecule has 0 aliphatic heterocycles. The SMILES string of the molecule is CCN(CCC#N)C(=O)C1CCC(C(C)(C)C)CC1. The molecule has 0 bridgehead atoms. The highest BCUT2D eigenvalue weighted by Gasteiger charge is 2.33. The van der Waals surface area contributed by atoms with Crippen molar-refractivity contribution >= 4 is 5.91 Å². The van der Waals surface area contributed by atoms with E-state index in [2.05, 4.69) is 26.8 Å². The lowest BCUT2D eigenvalue weighted by molar-refractivity contribution is -0.137. The molecule has 108 valence electrons. The largest absolute Gasteiger partial charge is 0.342 e. The average Bonchev–Trinajstić information content (AvgIpc) is 2.38. The fourth-order valence-corrected chi connectivity index (χ4v) is 3.07. The Bertz CT molecular complexity index is 330. The first-order valence-corrected chi connectivity index (χ1v) is 7.55. The molecule has 0 atom stereocenters. The molecular formula is C16H28N2O. The third kappa shape index (κ3) is 4.53. The van der Waals surface area contributed by atoms with Gasteiger partial charge in [-0.25, -0.2) is 0 Å². The molecule has 0 aromatic heterocycles. The van der Waals surface area contributed by atoms with Crippen molar-refractivity contribution in [1.82, 2.24) is 4.90 Å². The fourth-order valence-electron chi connectivity index (χ4n) is 3.07. The topological polar surface area (TPSA) is 44.1 Å². The number of carbonyl (C=O) groups is 1. The van der Waals surface area contributed by atoms with E-state index < -0.39 is 0 Å². The minimum Gasteiger partial charge on any atom is -0.342 e. The molecule has 1 aliphatic rings.